The Balaban J connectivity index is 2.12. The lowest BCUT2D eigenvalue weighted by molar-refractivity contribution is 0.0939. The van der Waals surface area contributed by atoms with Gasteiger partial charge in [0.25, 0.3) is 5.91 Å². The van der Waals surface area contributed by atoms with Crippen molar-refractivity contribution in [3.63, 3.8) is 0 Å². The van der Waals surface area contributed by atoms with Crippen LogP contribution in [0.25, 0.3) is 0 Å². The van der Waals surface area contributed by atoms with E-state index >= 15 is 0 Å². The molecule has 0 aliphatic carbocycles. The second kappa shape index (κ2) is 6.67. The van der Waals surface area contributed by atoms with Crippen molar-refractivity contribution >= 4 is 21.8 Å². The highest BCUT2D eigenvalue weighted by Gasteiger charge is 2.13. The van der Waals surface area contributed by atoms with Crippen molar-refractivity contribution in [1.29, 1.82) is 0 Å². The fourth-order valence-corrected chi connectivity index (χ4v) is 2.42. The summed E-state index contributed by atoms with van der Waals surface area (Å²) in [7, 11) is 1.59. The molecule has 1 amide bonds. The first kappa shape index (κ1) is 15.4. The highest BCUT2D eigenvalue weighted by molar-refractivity contribution is 9.10. The molecule has 2 rings (SSSR count). The Hall–Kier alpha value is -1.95. The summed E-state index contributed by atoms with van der Waals surface area (Å²) in [4.78, 5) is 15.5. The highest BCUT2D eigenvalue weighted by atomic mass is 79.9. The summed E-state index contributed by atoms with van der Waals surface area (Å²) in [6, 6.07) is 7.89. The van der Waals surface area contributed by atoms with Gasteiger partial charge < -0.3 is 10.1 Å². The fraction of sp³-hybridized carbons (Fsp3) is 0.200. The van der Waals surface area contributed by atoms with Crippen LogP contribution in [0, 0.1) is 5.95 Å². The van der Waals surface area contributed by atoms with Crippen molar-refractivity contribution in [3.8, 4) is 5.75 Å². The Morgan fingerprint density at radius 2 is 2.14 bits per heavy atom. The van der Waals surface area contributed by atoms with E-state index in [1.807, 2.05) is 25.1 Å². The third-order valence-corrected chi connectivity index (χ3v) is 3.63. The Labute approximate surface area is 130 Å². The standard InChI is InChI=1S/C15H14BrFN2O2/c1-9(10-3-4-13(21-2)12(16)7-10)19-15(20)11-5-6-18-14(17)8-11/h3-9H,1-2H3,(H,19,20). The zero-order valence-corrected chi connectivity index (χ0v) is 13.1. The number of carbonyl (C=O) groups is 1. The molecule has 0 spiro atoms. The number of ether oxygens (including phenoxy) is 1. The lowest BCUT2D eigenvalue weighted by atomic mass is 10.1. The molecule has 110 valence electrons. The Morgan fingerprint density at radius 1 is 1.38 bits per heavy atom. The Morgan fingerprint density at radius 3 is 2.76 bits per heavy atom. The first-order valence-electron chi connectivity index (χ1n) is 6.27. The Bertz CT molecular complexity index is 664. The summed E-state index contributed by atoms with van der Waals surface area (Å²) < 4.78 is 19.0. The monoisotopic (exact) mass is 352 g/mol. The summed E-state index contributed by atoms with van der Waals surface area (Å²) in [5, 5.41) is 2.81. The molecule has 2 aromatic rings. The molecule has 0 radical (unpaired) electrons. The maximum atomic E-state index is 13.0. The van der Waals surface area contributed by atoms with Crippen LogP contribution < -0.4 is 10.1 Å². The number of aromatic nitrogens is 1. The number of amides is 1. The average molecular weight is 353 g/mol. The van der Waals surface area contributed by atoms with Crippen LogP contribution in [0.4, 0.5) is 4.39 Å². The number of methoxy groups -OCH3 is 1. The van der Waals surface area contributed by atoms with Crippen molar-refractivity contribution in [2.45, 2.75) is 13.0 Å². The van der Waals surface area contributed by atoms with Gasteiger partial charge in [-0.25, -0.2) is 4.98 Å². The van der Waals surface area contributed by atoms with Crippen LogP contribution >= 0.6 is 15.9 Å². The molecule has 1 aromatic heterocycles. The second-order valence-corrected chi connectivity index (χ2v) is 5.31. The van der Waals surface area contributed by atoms with E-state index in [0.29, 0.717) is 5.75 Å². The minimum atomic E-state index is -0.678. The number of halogens is 2. The number of benzene rings is 1. The van der Waals surface area contributed by atoms with E-state index in [2.05, 4.69) is 26.2 Å². The van der Waals surface area contributed by atoms with Crippen LogP contribution in [0.3, 0.4) is 0 Å². The molecule has 1 N–H and O–H groups in total. The minimum Gasteiger partial charge on any atom is -0.496 e. The summed E-state index contributed by atoms with van der Waals surface area (Å²) >= 11 is 3.40. The van der Waals surface area contributed by atoms with Gasteiger partial charge in [-0.05, 0) is 46.6 Å². The van der Waals surface area contributed by atoms with Gasteiger partial charge in [0.15, 0.2) is 0 Å². The van der Waals surface area contributed by atoms with E-state index in [9.17, 15) is 9.18 Å². The molecule has 1 heterocycles. The number of hydrogen-bond donors (Lipinski definition) is 1. The van der Waals surface area contributed by atoms with Crippen molar-refractivity contribution in [1.82, 2.24) is 10.3 Å². The molecule has 4 nitrogen and oxygen atoms in total. The third kappa shape index (κ3) is 3.78. The van der Waals surface area contributed by atoms with Gasteiger partial charge in [0, 0.05) is 17.8 Å². The molecule has 0 bridgehead atoms. The predicted molar refractivity (Wildman–Crippen MR) is 80.8 cm³/mol. The molecule has 0 aliphatic heterocycles. The molecular formula is C15H14BrFN2O2. The number of carbonyl (C=O) groups excluding carboxylic acids is 1. The van der Waals surface area contributed by atoms with Gasteiger partial charge in [-0.3, -0.25) is 4.79 Å². The van der Waals surface area contributed by atoms with E-state index in [4.69, 9.17) is 4.74 Å². The first-order valence-corrected chi connectivity index (χ1v) is 7.06. The molecule has 0 fully saturated rings. The molecule has 1 unspecified atom stereocenters. The van der Waals surface area contributed by atoms with E-state index in [-0.39, 0.29) is 17.5 Å². The van der Waals surface area contributed by atoms with Gasteiger partial charge in [-0.15, -0.1) is 0 Å². The fourth-order valence-electron chi connectivity index (χ4n) is 1.86. The van der Waals surface area contributed by atoms with Gasteiger partial charge in [0.1, 0.15) is 5.75 Å². The second-order valence-electron chi connectivity index (χ2n) is 4.46. The molecule has 1 atom stereocenters. The molecule has 0 saturated heterocycles. The zero-order chi connectivity index (χ0) is 15.4. The van der Waals surface area contributed by atoms with Gasteiger partial charge in [-0.2, -0.15) is 4.39 Å². The van der Waals surface area contributed by atoms with Crippen molar-refractivity contribution in [2.75, 3.05) is 7.11 Å². The van der Waals surface area contributed by atoms with Crippen molar-refractivity contribution < 1.29 is 13.9 Å². The van der Waals surface area contributed by atoms with E-state index in [1.54, 1.807) is 7.11 Å². The number of rotatable bonds is 4. The zero-order valence-electron chi connectivity index (χ0n) is 11.6. The largest absolute Gasteiger partial charge is 0.496 e. The van der Waals surface area contributed by atoms with Gasteiger partial charge in [0.05, 0.1) is 17.6 Å². The third-order valence-electron chi connectivity index (χ3n) is 3.01. The van der Waals surface area contributed by atoms with Crippen LogP contribution in [0.1, 0.15) is 28.9 Å². The SMILES string of the molecule is COc1ccc(C(C)NC(=O)c2ccnc(F)c2)cc1Br. The van der Waals surface area contributed by atoms with Crippen LogP contribution in [0.2, 0.25) is 0 Å². The quantitative estimate of drug-likeness (QED) is 0.857. The summed E-state index contributed by atoms with van der Waals surface area (Å²) in [6.07, 6.45) is 1.26. The predicted octanol–water partition coefficient (Wildman–Crippen LogP) is 3.48. The molecule has 0 saturated carbocycles. The number of pyridine rings is 1. The van der Waals surface area contributed by atoms with Crippen LogP contribution in [-0.2, 0) is 0 Å². The minimum absolute atomic E-state index is 0.226. The summed E-state index contributed by atoms with van der Waals surface area (Å²) in [6.45, 7) is 1.85. The Kier molecular flexibility index (Phi) is 4.90. The maximum Gasteiger partial charge on any atom is 0.251 e. The molecule has 21 heavy (non-hydrogen) atoms. The molecule has 1 aromatic carbocycles. The number of hydrogen-bond acceptors (Lipinski definition) is 3. The smallest absolute Gasteiger partial charge is 0.251 e. The normalized spacial score (nSPS) is 11.8. The molecule has 6 heteroatoms. The van der Waals surface area contributed by atoms with Crippen LogP contribution in [-0.4, -0.2) is 18.0 Å². The van der Waals surface area contributed by atoms with E-state index < -0.39 is 5.95 Å². The topological polar surface area (TPSA) is 51.2 Å². The van der Waals surface area contributed by atoms with Crippen LogP contribution in [0.5, 0.6) is 5.75 Å². The lowest BCUT2D eigenvalue weighted by Gasteiger charge is -2.15. The average Bonchev–Trinajstić information content (AvgIpc) is 2.47. The van der Waals surface area contributed by atoms with Gasteiger partial charge in [0.2, 0.25) is 5.95 Å². The van der Waals surface area contributed by atoms with E-state index in [0.717, 1.165) is 16.1 Å². The number of nitrogens with one attached hydrogen (secondary N) is 1. The lowest BCUT2D eigenvalue weighted by Crippen LogP contribution is -2.26. The number of nitrogens with zero attached hydrogens (tertiary/aromatic N) is 1. The van der Waals surface area contributed by atoms with Gasteiger partial charge >= 0.3 is 0 Å². The van der Waals surface area contributed by atoms with E-state index in [1.165, 1.54) is 12.3 Å². The summed E-state index contributed by atoms with van der Waals surface area (Å²) in [5.41, 5.74) is 1.15. The maximum absolute atomic E-state index is 13.0. The van der Waals surface area contributed by atoms with Gasteiger partial charge in [-0.1, -0.05) is 6.07 Å². The first-order chi connectivity index (χ1) is 10.0. The van der Waals surface area contributed by atoms with Crippen LogP contribution in [0.15, 0.2) is 41.0 Å². The summed E-state index contributed by atoms with van der Waals surface area (Å²) in [5.74, 6) is -0.313. The molecular weight excluding hydrogens is 339 g/mol. The molecule has 0 aliphatic rings. The highest BCUT2D eigenvalue weighted by Crippen LogP contribution is 2.28. The van der Waals surface area contributed by atoms with Crippen molar-refractivity contribution in [3.05, 3.63) is 58.1 Å². The van der Waals surface area contributed by atoms with Crippen molar-refractivity contribution in [2.24, 2.45) is 0 Å².